The van der Waals surface area contributed by atoms with Gasteiger partial charge in [-0.2, -0.15) is 0 Å². The van der Waals surface area contributed by atoms with Crippen molar-refractivity contribution in [2.24, 2.45) is 5.41 Å². The molecule has 0 radical (unpaired) electrons. The number of nitrogens with zero attached hydrogens (tertiary/aromatic N) is 1. The average molecular weight is 292 g/mol. The molecule has 0 bridgehead atoms. The van der Waals surface area contributed by atoms with Gasteiger partial charge in [0, 0.05) is 12.5 Å². The highest BCUT2D eigenvalue weighted by atomic mass is 16.3. The van der Waals surface area contributed by atoms with Gasteiger partial charge in [-0.1, -0.05) is 13.8 Å². The maximum absolute atomic E-state index is 12.7. The molecule has 0 aromatic carbocycles. The molecule has 4 amide bonds. The van der Waals surface area contributed by atoms with Crippen molar-refractivity contribution in [3.8, 4) is 0 Å². The molecule has 1 aliphatic heterocycles. The summed E-state index contributed by atoms with van der Waals surface area (Å²) in [6.45, 7) is 5.34. The third kappa shape index (κ3) is 2.46. The first kappa shape index (κ1) is 15.3. The molecule has 114 valence electrons. The summed E-state index contributed by atoms with van der Waals surface area (Å²) < 4.78 is 5.25. The molecule has 1 aromatic heterocycles. The smallest absolute Gasteiger partial charge is 0.331 e. The number of carbonyl (C=O) groups is 3. The molecule has 1 aliphatic rings. The Morgan fingerprint density at radius 2 is 1.95 bits per heavy atom. The minimum absolute atomic E-state index is 0.366. The van der Waals surface area contributed by atoms with Crippen LogP contribution in [-0.2, 0) is 16.0 Å². The number of hydrogen-bond donors (Lipinski definition) is 1. The van der Waals surface area contributed by atoms with Gasteiger partial charge < -0.3 is 4.42 Å². The maximum Gasteiger partial charge on any atom is 0.331 e. The van der Waals surface area contributed by atoms with Crippen LogP contribution in [0.3, 0.4) is 0 Å². The van der Waals surface area contributed by atoms with E-state index in [2.05, 4.69) is 5.32 Å². The van der Waals surface area contributed by atoms with Crippen LogP contribution >= 0.6 is 0 Å². The highest BCUT2D eigenvalue weighted by molar-refractivity contribution is 6.19. The molecule has 1 N–H and O–H groups in total. The molecular formula is C15H20N2O4. The van der Waals surface area contributed by atoms with E-state index in [1.807, 2.05) is 0 Å². The van der Waals surface area contributed by atoms with Crippen LogP contribution in [0.1, 0.15) is 39.4 Å². The van der Waals surface area contributed by atoms with Crippen molar-refractivity contribution in [3.63, 3.8) is 0 Å². The summed E-state index contributed by atoms with van der Waals surface area (Å²) in [4.78, 5) is 38.0. The van der Waals surface area contributed by atoms with E-state index in [1.165, 1.54) is 0 Å². The molecule has 2 rings (SSSR count). The molecule has 6 heteroatoms. The van der Waals surface area contributed by atoms with Gasteiger partial charge in [0.05, 0.1) is 6.26 Å². The molecule has 0 spiro atoms. The Labute approximate surface area is 123 Å². The predicted octanol–water partition coefficient (Wildman–Crippen LogP) is 2.10. The van der Waals surface area contributed by atoms with Crippen LogP contribution in [0.2, 0.25) is 0 Å². The van der Waals surface area contributed by atoms with Gasteiger partial charge in [-0.05, 0) is 31.9 Å². The Hall–Kier alpha value is -2.11. The van der Waals surface area contributed by atoms with Gasteiger partial charge in [-0.3, -0.25) is 19.8 Å². The van der Waals surface area contributed by atoms with Crippen LogP contribution in [0, 0.1) is 5.41 Å². The Morgan fingerprint density at radius 3 is 2.48 bits per heavy atom. The minimum Gasteiger partial charge on any atom is -0.469 e. The molecule has 21 heavy (non-hydrogen) atoms. The second-order valence-electron chi connectivity index (χ2n) is 5.36. The highest BCUT2D eigenvalue weighted by Crippen LogP contribution is 2.33. The number of imide groups is 2. The van der Waals surface area contributed by atoms with Crippen LogP contribution in [0.25, 0.3) is 0 Å². The quantitative estimate of drug-likeness (QED) is 0.843. The molecular weight excluding hydrogens is 272 g/mol. The fourth-order valence-corrected chi connectivity index (χ4v) is 2.78. The third-order valence-electron chi connectivity index (χ3n) is 4.23. The van der Waals surface area contributed by atoms with E-state index in [-0.39, 0.29) is 6.04 Å². The number of amides is 4. The second-order valence-corrected chi connectivity index (χ2v) is 5.36. The van der Waals surface area contributed by atoms with Crippen molar-refractivity contribution in [2.75, 3.05) is 0 Å². The number of hydrogen-bond acceptors (Lipinski definition) is 4. The highest BCUT2D eigenvalue weighted by Gasteiger charge is 2.52. The molecule has 2 heterocycles. The zero-order valence-electron chi connectivity index (χ0n) is 12.5. The largest absolute Gasteiger partial charge is 0.469 e. The lowest BCUT2D eigenvalue weighted by atomic mass is 9.78. The molecule has 6 nitrogen and oxygen atoms in total. The zero-order chi connectivity index (χ0) is 15.6. The first-order chi connectivity index (χ1) is 9.96. The van der Waals surface area contributed by atoms with E-state index < -0.39 is 23.3 Å². The number of carbonyl (C=O) groups excluding carboxylic acids is 3. The van der Waals surface area contributed by atoms with Gasteiger partial charge in [0.15, 0.2) is 0 Å². The Balaban J connectivity index is 2.27. The van der Waals surface area contributed by atoms with E-state index in [9.17, 15) is 14.4 Å². The second kappa shape index (κ2) is 5.71. The van der Waals surface area contributed by atoms with Crippen LogP contribution in [0.15, 0.2) is 22.8 Å². The van der Waals surface area contributed by atoms with Crippen molar-refractivity contribution in [3.05, 3.63) is 24.2 Å². The summed E-state index contributed by atoms with van der Waals surface area (Å²) in [5.41, 5.74) is -1.15. The number of rotatable bonds is 5. The van der Waals surface area contributed by atoms with E-state index in [0.717, 1.165) is 4.90 Å². The fourth-order valence-electron chi connectivity index (χ4n) is 2.78. The van der Waals surface area contributed by atoms with Crippen molar-refractivity contribution in [1.29, 1.82) is 0 Å². The number of urea groups is 1. The number of nitrogens with one attached hydrogen (secondary N) is 1. The molecule has 1 saturated heterocycles. The van der Waals surface area contributed by atoms with Crippen LogP contribution in [0.4, 0.5) is 4.79 Å². The Kier molecular flexibility index (Phi) is 4.16. The summed E-state index contributed by atoms with van der Waals surface area (Å²) in [6.07, 6.45) is 2.70. The van der Waals surface area contributed by atoms with Gasteiger partial charge in [-0.25, -0.2) is 4.79 Å². The summed E-state index contributed by atoms with van der Waals surface area (Å²) in [7, 11) is 0. The van der Waals surface area contributed by atoms with Crippen molar-refractivity contribution < 1.29 is 18.8 Å². The lowest BCUT2D eigenvalue weighted by Crippen LogP contribution is -2.65. The molecule has 1 fully saturated rings. The lowest BCUT2D eigenvalue weighted by molar-refractivity contribution is -0.153. The monoisotopic (exact) mass is 292 g/mol. The normalized spacial score (nSPS) is 19.6. The third-order valence-corrected chi connectivity index (χ3v) is 4.23. The first-order valence-electron chi connectivity index (χ1n) is 7.17. The zero-order valence-corrected chi connectivity index (χ0v) is 12.5. The Morgan fingerprint density at radius 1 is 1.29 bits per heavy atom. The van der Waals surface area contributed by atoms with Crippen molar-refractivity contribution in [1.82, 2.24) is 10.2 Å². The van der Waals surface area contributed by atoms with E-state index in [1.54, 1.807) is 39.2 Å². The summed E-state index contributed by atoms with van der Waals surface area (Å²) in [5, 5.41) is 2.31. The molecule has 1 unspecified atom stereocenters. The average Bonchev–Trinajstić information content (AvgIpc) is 2.92. The fraction of sp³-hybridized carbons (Fsp3) is 0.533. The van der Waals surface area contributed by atoms with E-state index in [4.69, 9.17) is 4.42 Å². The molecule has 0 aliphatic carbocycles. The van der Waals surface area contributed by atoms with Gasteiger partial charge in [0.25, 0.3) is 0 Å². The van der Waals surface area contributed by atoms with Crippen molar-refractivity contribution >= 4 is 17.8 Å². The van der Waals surface area contributed by atoms with Gasteiger partial charge >= 0.3 is 6.03 Å². The molecule has 0 saturated carbocycles. The topological polar surface area (TPSA) is 79.6 Å². The van der Waals surface area contributed by atoms with Gasteiger partial charge in [0.1, 0.15) is 11.2 Å². The number of furan rings is 1. The standard InChI is InChI=1S/C15H20N2O4/c1-4-15(5-2)12(18)16-14(20)17(13(15)19)10(3)9-11-7-6-8-21-11/h6-8,10H,4-5,9H2,1-3H3,(H,16,18,20). The first-order valence-corrected chi connectivity index (χ1v) is 7.17. The lowest BCUT2D eigenvalue weighted by Gasteiger charge is -2.40. The van der Waals surface area contributed by atoms with E-state index in [0.29, 0.717) is 25.0 Å². The van der Waals surface area contributed by atoms with Gasteiger partial charge in [0.2, 0.25) is 11.8 Å². The maximum atomic E-state index is 12.7. The summed E-state index contributed by atoms with van der Waals surface area (Å²) in [6, 6.07) is 2.52. The van der Waals surface area contributed by atoms with Crippen LogP contribution < -0.4 is 5.32 Å². The number of barbiturate groups is 1. The molecule has 1 atom stereocenters. The predicted molar refractivity (Wildman–Crippen MR) is 75.3 cm³/mol. The minimum atomic E-state index is -1.15. The van der Waals surface area contributed by atoms with Crippen LogP contribution in [0.5, 0.6) is 0 Å². The van der Waals surface area contributed by atoms with Crippen LogP contribution in [-0.4, -0.2) is 28.8 Å². The summed E-state index contributed by atoms with van der Waals surface area (Å²) in [5.74, 6) is -0.220. The molecule has 1 aromatic rings. The summed E-state index contributed by atoms with van der Waals surface area (Å²) >= 11 is 0. The Bertz CT molecular complexity index is 546. The van der Waals surface area contributed by atoms with Gasteiger partial charge in [-0.15, -0.1) is 0 Å². The van der Waals surface area contributed by atoms with E-state index >= 15 is 0 Å². The van der Waals surface area contributed by atoms with Crippen molar-refractivity contribution in [2.45, 2.75) is 46.1 Å². The SMILES string of the molecule is CCC1(CC)C(=O)NC(=O)N(C(C)Cc2ccco2)C1=O.